The zero-order valence-electron chi connectivity index (χ0n) is 13.8. The average Bonchev–Trinajstić information content (AvgIpc) is 2.55. The van der Waals surface area contributed by atoms with Crippen LogP contribution < -0.4 is 5.32 Å². The van der Waals surface area contributed by atoms with Crippen LogP contribution in [-0.2, 0) is 9.47 Å². The fraction of sp³-hybridized carbons (Fsp3) is 1.00. The highest BCUT2D eigenvalue weighted by molar-refractivity contribution is 4.96. The third-order valence-corrected chi connectivity index (χ3v) is 5.85. The van der Waals surface area contributed by atoms with Gasteiger partial charge in [0, 0.05) is 51.0 Å². The van der Waals surface area contributed by atoms with E-state index < -0.39 is 0 Å². The molecule has 4 nitrogen and oxygen atoms in total. The summed E-state index contributed by atoms with van der Waals surface area (Å²) in [6.07, 6.45) is 7.07. The first kappa shape index (κ1) is 15.7. The third-order valence-electron chi connectivity index (χ3n) is 5.85. The van der Waals surface area contributed by atoms with E-state index in [1.54, 1.807) is 0 Å². The molecule has 1 N–H and O–H groups in total. The highest BCUT2D eigenvalue weighted by atomic mass is 16.5. The lowest BCUT2D eigenvalue weighted by Gasteiger charge is -2.50. The molecule has 3 saturated heterocycles. The van der Waals surface area contributed by atoms with E-state index in [0.717, 1.165) is 39.2 Å². The normalized spacial score (nSPS) is 37.7. The molecule has 21 heavy (non-hydrogen) atoms. The molecular weight excluding hydrogens is 264 g/mol. The molecule has 3 fully saturated rings. The Morgan fingerprint density at radius 3 is 2.67 bits per heavy atom. The number of nitrogens with one attached hydrogen (secondary N) is 1. The van der Waals surface area contributed by atoms with E-state index in [9.17, 15) is 0 Å². The van der Waals surface area contributed by atoms with E-state index in [1.165, 1.54) is 32.2 Å². The predicted octanol–water partition coefficient (Wildman–Crippen LogP) is 2.18. The summed E-state index contributed by atoms with van der Waals surface area (Å²) in [7, 11) is 0. The monoisotopic (exact) mass is 296 g/mol. The molecule has 3 aliphatic heterocycles. The summed E-state index contributed by atoms with van der Waals surface area (Å²) in [5.41, 5.74) is 0.117. The first-order valence-electron chi connectivity index (χ1n) is 8.97. The summed E-state index contributed by atoms with van der Waals surface area (Å²) in [4.78, 5) is 2.81. The van der Waals surface area contributed by atoms with Crippen molar-refractivity contribution in [2.45, 2.75) is 76.1 Å². The Labute approximate surface area is 129 Å². The number of ether oxygens (including phenoxy) is 2. The highest BCUT2D eigenvalue weighted by Crippen LogP contribution is 2.37. The van der Waals surface area contributed by atoms with Gasteiger partial charge in [-0.25, -0.2) is 0 Å². The molecule has 0 amide bonds. The largest absolute Gasteiger partial charge is 0.381 e. The van der Waals surface area contributed by atoms with E-state index in [0.29, 0.717) is 18.1 Å². The van der Waals surface area contributed by atoms with Gasteiger partial charge in [0.1, 0.15) is 0 Å². The zero-order chi connectivity index (χ0) is 14.7. The molecule has 0 saturated carbocycles. The zero-order valence-corrected chi connectivity index (χ0v) is 13.8. The molecule has 0 aromatic carbocycles. The van der Waals surface area contributed by atoms with Crippen molar-refractivity contribution < 1.29 is 9.47 Å². The van der Waals surface area contributed by atoms with Crippen molar-refractivity contribution in [3.8, 4) is 0 Å². The second-order valence-corrected chi connectivity index (χ2v) is 7.06. The molecule has 0 radical (unpaired) electrons. The molecule has 0 bridgehead atoms. The number of nitrogens with zero attached hydrogens (tertiary/aromatic N) is 1. The van der Waals surface area contributed by atoms with Crippen molar-refractivity contribution in [3.05, 3.63) is 0 Å². The lowest BCUT2D eigenvalue weighted by Crippen LogP contribution is -2.62. The number of rotatable bonds is 3. The van der Waals surface area contributed by atoms with Gasteiger partial charge in [0.05, 0.1) is 5.60 Å². The fourth-order valence-corrected chi connectivity index (χ4v) is 4.36. The van der Waals surface area contributed by atoms with Crippen LogP contribution in [0.4, 0.5) is 0 Å². The van der Waals surface area contributed by atoms with Gasteiger partial charge in [-0.05, 0) is 38.5 Å². The number of piperazine rings is 1. The minimum Gasteiger partial charge on any atom is -0.381 e. The lowest BCUT2D eigenvalue weighted by atomic mass is 9.82. The Morgan fingerprint density at radius 1 is 1.14 bits per heavy atom. The third kappa shape index (κ3) is 3.44. The molecule has 3 unspecified atom stereocenters. The molecular formula is C17H32N2O2. The summed E-state index contributed by atoms with van der Waals surface area (Å²) < 4.78 is 11.8. The smallest absolute Gasteiger partial charge is 0.0741 e. The Balaban J connectivity index is 1.68. The van der Waals surface area contributed by atoms with Gasteiger partial charge in [-0.15, -0.1) is 0 Å². The van der Waals surface area contributed by atoms with E-state index in [4.69, 9.17) is 9.47 Å². The molecule has 3 aliphatic rings. The highest BCUT2D eigenvalue weighted by Gasteiger charge is 2.42. The first-order chi connectivity index (χ1) is 10.3. The van der Waals surface area contributed by atoms with Gasteiger partial charge in [0.15, 0.2) is 0 Å². The van der Waals surface area contributed by atoms with Crippen LogP contribution in [0, 0.1) is 0 Å². The van der Waals surface area contributed by atoms with E-state index >= 15 is 0 Å². The van der Waals surface area contributed by atoms with Crippen LogP contribution in [0.5, 0.6) is 0 Å². The summed E-state index contributed by atoms with van der Waals surface area (Å²) >= 11 is 0. The van der Waals surface area contributed by atoms with Crippen molar-refractivity contribution in [1.82, 2.24) is 10.2 Å². The Morgan fingerprint density at radius 2 is 1.95 bits per heavy atom. The minimum absolute atomic E-state index is 0.117. The Bertz CT molecular complexity index is 325. The number of hydrogen-bond donors (Lipinski definition) is 1. The Kier molecular flexibility index (Phi) is 5.20. The van der Waals surface area contributed by atoms with Gasteiger partial charge >= 0.3 is 0 Å². The molecule has 1 spiro atoms. The average molecular weight is 296 g/mol. The van der Waals surface area contributed by atoms with Crippen LogP contribution in [0.3, 0.4) is 0 Å². The van der Waals surface area contributed by atoms with Crippen LogP contribution in [0.25, 0.3) is 0 Å². The van der Waals surface area contributed by atoms with Gasteiger partial charge < -0.3 is 14.8 Å². The van der Waals surface area contributed by atoms with Crippen molar-refractivity contribution in [2.24, 2.45) is 0 Å². The maximum Gasteiger partial charge on any atom is 0.0741 e. The van der Waals surface area contributed by atoms with E-state index in [-0.39, 0.29) is 5.60 Å². The maximum absolute atomic E-state index is 6.23. The lowest BCUT2D eigenvalue weighted by molar-refractivity contribution is -0.156. The minimum atomic E-state index is 0.117. The van der Waals surface area contributed by atoms with Crippen molar-refractivity contribution >= 4 is 0 Å². The molecule has 122 valence electrons. The van der Waals surface area contributed by atoms with Gasteiger partial charge in [-0.1, -0.05) is 13.8 Å². The first-order valence-corrected chi connectivity index (χ1v) is 8.97. The molecule has 4 heteroatoms. The van der Waals surface area contributed by atoms with Gasteiger partial charge in [-0.3, -0.25) is 4.90 Å². The summed E-state index contributed by atoms with van der Waals surface area (Å²) in [6, 6.07) is 2.08. The summed E-state index contributed by atoms with van der Waals surface area (Å²) in [5, 5.41) is 3.72. The molecule has 0 aromatic rings. The summed E-state index contributed by atoms with van der Waals surface area (Å²) in [5.74, 6) is 0. The van der Waals surface area contributed by atoms with Crippen LogP contribution in [-0.4, -0.2) is 61.5 Å². The van der Waals surface area contributed by atoms with Crippen LogP contribution in [0.15, 0.2) is 0 Å². The van der Waals surface area contributed by atoms with Crippen molar-refractivity contribution in [1.29, 1.82) is 0 Å². The van der Waals surface area contributed by atoms with Gasteiger partial charge in [-0.2, -0.15) is 0 Å². The maximum atomic E-state index is 6.23. The quantitative estimate of drug-likeness (QED) is 0.865. The number of hydrogen-bond acceptors (Lipinski definition) is 4. The van der Waals surface area contributed by atoms with Crippen molar-refractivity contribution in [3.63, 3.8) is 0 Å². The van der Waals surface area contributed by atoms with Gasteiger partial charge in [0.2, 0.25) is 0 Å². The molecule has 3 heterocycles. The Hall–Kier alpha value is -0.160. The second-order valence-electron chi connectivity index (χ2n) is 7.06. The fourth-order valence-electron chi connectivity index (χ4n) is 4.36. The van der Waals surface area contributed by atoms with Gasteiger partial charge in [0.25, 0.3) is 0 Å². The van der Waals surface area contributed by atoms with Crippen LogP contribution in [0.2, 0.25) is 0 Å². The standard InChI is InChI=1S/C17H32N2O2/c1-3-14-13-19(15(4-2)12-18-14)16-5-8-21-17(11-16)6-9-20-10-7-17/h14-16,18H,3-13H2,1-2H3. The molecule has 0 aliphatic carbocycles. The predicted molar refractivity (Wildman–Crippen MR) is 84.6 cm³/mol. The molecule has 3 atom stereocenters. The molecule has 3 rings (SSSR count). The van der Waals surface area contributed by atoms with Crippen LogP contribution in [0.1, 0.15) is 52.4 Å². The SMILES string of the molecule is CCC1CN(C2CCOC3(CCOCC3)C2)C(CC)CN1. The van der Waals surface area contributed by atoms with Crippen LogP contribution >= 0.6 is 0 Å². The van der Waals surface area contributed by atoms with E-state index in [1.807, 2.05) is 0 Å². The second kappa shape index (κ2) is 6.95. The van der Waals surface area contributed by atoms with E-state index in [2.05, 4.69) is 24.1 Å². The molecule has 0 aromatic heterocycles. The topological polar surface area (TPSA) is 33.7 Å². The van der Waals surface area contributed by atoms with Crippen molar-refractivity contribution in [2.75, 3.05) is 32.9 Å². The summed E-state index contributed by atoms with van der Waals surface area (Å²) in [6.45, 7) is 9.68.